The zero-order chi connectivity index (χ0) is 15.4. The predicted octanol–water partition coefficient (Wildman–Crippen LogP) is 2.24. The molecule has 0 radical (unpaired) electrons. The summed E-state index contributed by atoms with van der Waals surface area (Å²) in [5.41, 5.74) is 1.70. The molecule has 0 spiro atoms. The van der Waals surface area contributed by atoms with Gasteiger partial charge in [0.2, 0.25) is 0 Å². The Morgan fingerprint density at radius 3 is 2.62 bits per heavy atom. The fourth-order valence-corrected chi connectivity index (χ4v) is 1.99. The Hall–Kier alpha value is -2.05. The molecule has 0 saturated heterocycles. The van der Waals surface area contributed by atoms with Crippen molar-refractivity contribution in [2.45, 2.75) is 13.0 Å². The highest BCUT2D eigenvalue weighted by Gasteiger charge is 2.14. The number of nitrogens with zero attached hydrogens (tertiary/aromatic N) is 2. The number of halogens is 1. The van der Waals surface area contributed by atoms with Crippen LogP contribution in [0.25, 0.3) is 0 Å². The van der Waals surface area contributed by atoms with Crippen molar-refractivity contribution in [1.82, 2.24) is 15.1 Å². The molecule has 6 nitrogen and oxygen atoms in total. The van der Waals surface area contributed by atoms with E-state index in [-0.39, 0.29) is 6.61 Å². The van der Waals surface area contributed by atoms with Gasteiger partial charge in [-0.1, -0.05) is 23.7 Å². The SMILES string of the molecule is Cc1cc(NC(=O)NC(CO)c2ccc(Cl)cc2)nn1C. The van der Waals surface area contributed by atoms with Crippen LogP contribution in [0.2, 0.25) is 5.02 Å². The number of aryl methyl sites for hydroxylation is 2. The summed E-state index contributed by atoms with van der Waals surface area (Å²) in [4.78, 5) is 11.9. The molecule has 0 aliphatic rings. The fraction of sp³-hybridized carbons (Fsp3) is 0.286. The molecule has 112 valence electrons. The lowest BCUT2D eigenvalue weighted by molar-refractivity contribution is 0.225. The summed E-state index contributed by atoms with van der Waals surface area (Å²) < 4.78 is 1.67. The largest absolute Gasteiger partial charge is 0.394 e. The average Bonchev–Trinajstić information content (AvgIpc) is 2.75. The van der Waals surface area contributed by atoms with Gasteiger partial charge in [-0.25, -0.2) is 4.79 Å². The van der Waals surface area contributed by atoms with Gasteiger partial charge < -0.3 is 10.4 Å². The van der Waals surface area contributed by atoms with Crippen LogP contribution in [0, 0.1) is 6.92 Å². The minimum Gasteiger partial charge on any atom is -0.394 e. The first-order valence-corrected chi connectivity index (χ1v) is 6.82. The quantitative estimate of drug-likeness (QED) is 0.810. The lowest BCUT2D eigenvalue weighted by Gasteiger charge is -2.16. The van der Waals surface area contributed by atoms with Crippen LogP contribution in [0.3, 0.4) is 0 Å². The molecule has 21 heavy (non-hydrogen) atoms. The molecule has 1 aromatic carbocycles. The van der Waals surface area contributed by atoms with E-state index in [0.717, 1.165) is 11.3 Å². The maximum Gasteiger partial charge on any atom is 0.321 e. The topological polar surface area (TPSA) is 79.2 Å². The molecule has 2 rings (SSSR count). The molecule has 2 amide bonds. The zero-order valence-corrected chi connectivity index (χ0v) is 12.6. The Morgan fingerprint density at radius 2 is 2.10 bits per heavy atom. The van der Waals surface area contributed by atoms with Gasteiger partial charge in [0.15, 0.2) is 5.82 Å². The van der Waals surface area contributed by atoms with Crippen molar-refractivity contribution in [3.05, 3.63) is 46.6 Å². The van der Waals surface area contributed by atoms with Crippen molar-refractivity contribution >= 4 is 23.4 Å². The Balaban J connectivity index is 2.01. The van der Waals surface area contributed by atoms with E-state index in [2.05, 4.69) is 15.7 Å². The number of aliphatic hydroxyl groups excluding tert-OH is 1. The second-order valence-corrected chi connectivity index (χ2v) is 5.12. The smallest absolute Gasteiger partial charge is 0.321 e. The van der Waals surface area contributed by atoms with E-state index in [4.69, 9.17) is 11.6 Å². The van der Waals surface area contributed by atoms with E-state index in [0.29, 0.717) is 10.8 Å². The highest BCUT2D eigenvalue weighted by atomic mass is 35.5. The van der Waals surface area contributed by atoms with Gasteiger partial charge in [0, 0.05) is 23.8 Å². The van der Waals surface area contributed by atoms with Gasteiger partial charge in [-0.15, -0.1) is 0 Å². The fourth-order valence-electron chi connectivity index (χ4n) is 1.86. The van der Waals surface area contributed by atoms with E-state index in [9.17, 15) is 9.90 Å². The van der Waals surface area contributed by atoms with Gasteiger partial charge in [-0.05, 0) is 24.6 Å². The Labute approximate surface area is 127 Å². The standard InChI is InChI=1S/C14H17ClN4O2/c1-9-7-13(18-19(9)2)17-14(21)16-12(8-20)10-3-5-11(15)6-4-10/h3-7,12,20H,8H2,1-2H3,(H2,16,17,18,21). The minimum atomic E-state index is -0.507. The number of amides is 2. The molecule has 3 N–H and O–H groups in total. The van der Waals surface area contributed by atoms with Crippen LogP contribution in [-0.4, -0.2) is 27.5 Å². The molecule has 0 saturated carbocycles. The van der Waals surface area contributed by atoms with Crippen LogP contribution in [-0.2, 0) is 7.05 Å². The van der Waals surface area contributed by atoms with Crippen LogP contribution in [0.1, 0.15) is 17.3 Å². The Kier molecular flexibility index (Phi) is 4.82. The number of nitrogens with one attached hydrogen (secondary N) is 2. The molecule has 2 aromatic rings. The van der Waals surface area contributed by atoms with Crippen molar-refractivity contribution in [2.24, 2.45) is 7.05 Å². The van der Waals surface area contributed by atoms with Gasteiger partial charge in [0.1, 0.15) is 0 Å². The normalized spacial score (nSPS) is 12.0. The number of aliphatic hydroxyl groups is 1. The van der Waals surface area contributed by atoms with Crippen molar-refractivity contribution in [3.63, 3.8) is 0 Å². The molecule has 0 fully saturated rings. The third-order valence-corrected chi connectivity index (χ3v) is 3.37. The van der Waals surface area contributed by atoms with Gasteiger partial charge in [-0.3, -0.25) is 10.00 Å². The van der Waals surface area contributed by atoms with Gasteiger partial charge in [0.25, 0.3) is 0 Å². The molecule has 7 heteroatoms. The number of anilines is 1. The maximum atomic E-state index is 11.9. The van der Waals surface area contributed by atoms with Crippen molar-refractivity contribution in [2.75, 3.05) is 11.9 Å². The van der Waals surface area contributed by atoms with Crippen LogP contribution >= 0.6 is 11.6 Å². The predicted molar refractivity (Wildman–Crippen MR) is 81.4 cm³/mol. The molecule has 0 aliphatic carbocycles. The number of hydrogen-bond donors (Lipinski definition) is 3. The first kappa shape index (κ1) is 15.3. The molecule has 1 atom stereocenters. The van der Waals surface area contributed by atoms with Crippen molar-refractivity contribution in [3.8, 4) is 0 Å². The summed E-state index contributed by atoms with van der Waals surface area (Å²) in [5.74, 6) is 0.459. The molecule has 0 aliphatic heterocycles. The number of rotatable bonds is 4. The van der Waals surface area contributed by atoms with Crippen LogP contribution in [0.4, 0.5) is 10.6 Å². The third-order valence-electron chi connectivity index (χ3n) is 3.12. The van der Waals surface area contributed by atoms with Gasteiger partial charge in [0.05, 0.1) is 12.6 Å². The number of benzene rings is 1. The highest BCUT2D eigenvalue weighted by Crippen LogP contribution is 2.16. The number of carbonyl (C=O) groups excluding carboxylic acids is 1. The summed E-state index contributed by atoms with van der Waals surface area (Å²) in [7, 11) is 1.79. The number of aromatic nitrogens is 2. The maximum absolute atomic E-state index is 11.9. The van der Waals surface area contributed by atoms with Crippen LogP contribution < -0.4 is 10.6 Å². The van der Waals surface area contributed by atoms with Gasteiger partial charge >= 0.3 is 6.03 Å². The molecular weight excluding hydrogens is 292 g/mol. The number of carbonyl (C=O) groups is 1. The minimum absolute atomic E-state index is 0.212. The zero-order valence-electron chi connectivity index (χ0n) is 11.8. The number of hydrogen-bond acceptors (Lipinski definition) is 3. The lowest BCUT2D eigenvalue weighted by atomic mass is 10.1. The Morgan fingerprint density at radius 1 is 1.43 bits per heavy atom. The van der Waals surface area contributed by atoms with E-state index in [1.54, 1.807) is 42.1 Å². The molecule has 1 aromatic heterocycles. The summed E-state index contributed by atoms with van der Waals surface area (Å²) in [5, 5.41) is 19.5. The highest BCUT2D eigenvalue weighted by molar-refractivity contribution is 6.30. The Bertz CT molecular complexity index is 605. The van der Waals surface area contributed by atoms with Gasteiger partial charge in [-0.2, -0.15) is 5.10 Å². The van der Waals surface area contributed by atoms with E-state index >= 15 is 0 Å². The number of urea groups is 1. The first-order valence-electron chi connectivity index (χ1n) is 6.44. The second-order valence-electron chi connectivity index (χ2n) is 4.68. The summed E-state index contributed by atoms with van der Waals surface area (Å²) in [6.45, 7) is 1.68. The van der Waals surface area contributed by atoms with E-state index < -0.39 is 12.1 Å². The summed E-state index contributed by atoms with van der Waals surface area (Å²) in [6.07, 6.45) is 0. The monoisotopic (exact) mass is 308 g/mol. The summed E-state index contributed by atoms with van der Waals surface area (Å²) >= 11 is 5.82. The van der Waals surface area contributed by atoms with Crippen molar-refractivity contribution in [1.29, 1.82) is 0 Å². The van der Waals surface area contributed by atoms with Crippen molar-refractivity contribution < 1.29 is 9.90 Å². The molecular formula is C14H17ClN4O2. The average molecular weight is 309 g/mol. The van der Waals surface area contributed by atoms with Crippen LogP contribution in [0.15, 0.2) is 30.3 Å². The summed E-state index contributed by atoms with van der Waals surface area (Å²) in [6, 6.07) is 7.76. The van der Waals surface area contributed by atoms with Crippen LogP contribution in [0.5, 0.6) is 0 Å². The molecule has 0 bridgehead atoms. The first-order chi connectivity index (χ1) is 9.99. The van der Waals surface area contributed by atoms with E-state index in [1.165, 1.54) is 0 Å². The second kappa shape index (κ2) is 6.60. The molecule has 1 heterocycles. The third kappa shape index (κ3) is 3.96. The molecule has 1 unspecified atom stereocenters. The van der Waals surface area contributed by atoms with E-state index in [1.807, 2.05) is 6.92 Å². The lowest BCUT2D eigenvalue weighted by Crippen LogP contribution is -2.34.